The maximum atomic E-state index is 9.00. The molecule has 60 valence electrons. The molecule has 0 aliphatic rings. The molecule has 0 heterocycles. The van der Waals surface area contributed by atoms with Crippen molar-refractivity contribution in [3.63, 3.8) is 0 Å². The molecule has 0 radical (unpaired) electrons. The second kappa shape index (κ2) is 3.02. The van der Waals surface area contributed by atoms with E-state index in [0.29, 0.717) is 0 Å². The third-order valence-corrected chi connectivity index (χ3v) is 1.40. The van der Waals surface area contributed by atoms with Gasteiger partial charge in [0.15, 0.2) is 0 Å². The smallest absolute Gasteiger partial charge is 0.475 e. The number of rotatable bonds is 2. The monoisotopic (exact) mass is 156 g/mol. The highest BCUT2D eigenvalue weighted by atomic mass is 17.1. The second-order valence-electron chi connectivity index (χ2n) is 2.23. The van der Waals surface area contributed by atoms with Crippen molar-refractivity contribution < 1.29 is 20.1 Å². The van der Waals surface area contributed by atoms with Crippen LogP contribution >= 0.6 is 0 Å². The first-order valence-electron chi connectivity index (χ1n) is 3.16. The van der Waals surface area contributed by atoms with E-state index in [9.17, 15) is 0 Å². The average Bonchev–Trinajstić information content (AvgIpc) is 2.06. The summed E-state index contributed by atoms with van der Waals surface area (Å²) in [6.45, 7) is -3.12. The molecule has 1 aromatic rings. The van der Waals surface area contributed by atoms with E-state index in [4.69, 9.17) is 15.3 Å². The van der Waals surface area contributed by atoms with Gasteiger partial charge in [0.05, 0.1) is 0 Å². The van der Waals surface area contributed by atoms with Gasteiger partial charge in [0.1, 0.15) is 0 Å². The van der Waals surface area contributed by atoms with Crippen LogP contribution in [0.15, 0.2) is 30.3 Å². The summed E-state index contributed by atoms with van der Waals surface area (Å²) in [6.07, 6.45) is 0. The molecule has 4 nitrogen and oxygen atoms in total. The molecular formula is C6H9BO4. The van der Waals surface area contributed by atoms with Gasteiger partial charge >= 0.3 is 6.75 Å². The lowest BCUT2D eigenvalue weighted by molar-refractivity contribution is -0.181. The zero-order valence-electron chi connectivity index (χ0n) is 5.77. The lowest BCUT2D eigenvalue weighted by Crippen LogP contribution is -2.50. The van der Waals surface area contributed by atoms with Gasteiger partial charge in [-0.2, -0.15) is 0 Å². The minimum atomic E-state index is -3.12. The van der Waals surface area contributed by atoms with E-state index in [2.05, 4.69) is 4.81 Å². The zero-order valence-corrected chi connectivity index (χ0v) is 5.77. The molecule has 0 aromatic heterocycles. The van der Waals surface area contributed by atoms with Gasteiger partial charge in [0.2, 0.25) is 0 Å². The number of benzene rings is 1. The molecule has 1 aromatic carbocycles. The Balaban J connectivity index is 2.93. The van der Waals surface area contributed by atoms with Crippen molar-refractivity contribution in [2.24, 2.45) is 0 Å². The first-order valence-corrected chi connectivity index (χ1v) is 3.16. The Kier molecular flexibility index (Phi) is 2.26. The van der Waals surface area contributed by atoms with Gasteiger partial charge in [-0.25, -0.2) is 0 Å². The average molecular weight is 156 g/mol. The van der Waals surface area contributed by atoms with Crippen LogP contribution in [-0.2, 0) is 4.81 Å². The van der Waals surface area contributed by atoms with Crippen LogP contribution in [0, 0.1) is 0 Å². The number of hydrogen-bond donors (Lipinski definition) is 2. The number of hydrogen-bond acceptors (Lipinski definition) is 3. The predicted octanol–water partition coefficient (Wildman–Crippen LogP) is -1.53. The van der Waals surface area contributed by atoms with E-state index in [1.165, 1.54) is 12.1 Å². The summed E-state index contributed by atoms with van der Waals surface area (Å²) in [4.78, 5) is 3.75. The molecular weight excluding hydrogens is 147 g/mol. The second-order valence-corrected chi connectivity index (χ2v) is 2.23. The maximum Gasteiger partial charge on any atom is 0.475 e. The molecule has 4 N–H and O–H groups in total. The van der Waals surface area contributed by atoms with Gasteiger partial charge < -0.3 is 10.0 Å². The Morgan fingerprint density at radius 2 is 1.73 bits per heavy atom. The van der Waals surface area contributed by atoms with Crippen LogP contribution in [0.4, 0.5) is 0 Å². The van der Waals surface area contributed by atoms with E-state index in [-0.39, 0.29) is 5.46 Å². The lowest BCUT2D eigenvalue weighted by atomic mass is 9.71. The SMILES string of the molecule is O[B-](O)(O[OH2+])c1ccccc1. The van der Waals surface area contributed by atoms with Gasteiger partial charge in [-0.1, -0.05) is 30.3 Å². The highest BCUT2D eigenvalue weighted by molar-refractivity contribution is 6.72. The van der Waals surface area contributed by atoms with E-state index in [0.717, 1.165) is 0 Å². The van der Waals surface area contributed by atoms with Gasteiger partial charge in [-0.15, -0.1) is 5.46 Å². The Morgan fingerprint density at radius 1 is 1.18 bits per heavy atom. The van der Waals surface area contributed by atoms with E-state index < -0.39 is 6.75 Å². The molecule has 0 saturated heterocycles. The Labute approximate surface area is 63.6 Å². The van der Waals surface area contributed by atoms with Crippen molar-refractivity contribution in [3.05, 3.63) is 30.3 Å². The molecule has 0 spiro atoms. The minimum Gasteiger partial charge on any atom is -0.552 e. The Morgan fingerprint density at radius 3 is 2.18 bits per heavy atom. The standard InChI is InChI=1S/C6H8BO4/c8-7(9,11-10)6-4-2-1-3-5-6/h1-5,8-10H/q-1/p+1. The molecule has 0 saturated carbocycles. The highest BCUT2D eigenvalue weighted by Gasteiger charge is 2.26. The fourth-order valence-corrected chi connectivity index (χ4v) is 0.772. The van der Waals surface area contributed by atoms with Gasteiger partial charge in [-0.3, -0.25) is 10.1 Å². The van der Waals surface area contributed by atoms with Crippen molar-refractivity contribution >= 4 is 12.2 Å². The zero-order chi connectivity index (χ0) is 8.32. The van der Waals surface area contributed by atoms with Crippen molar-refractivity contribution in [1.82, 2.24) is 0 Å². The first kappa shape index (κ1) is 8.22. The molecule has 5 heteroatoms. The maximum absolute atomic E-state index is 9.00. The molecule has 0 bridgehead atoms. The summed E-state index contributed by atoms with van der Waals surface area (Å²) >= 11 is 0. The molecule has 0 atom stereocenters. The third-order valence-electron chi connectivity index (χ3n) is 1.40. The van der Waals surface area contributed by atoms with E-state index in [1.54, 1.807) is 18.2 Å². The van der Waals surface area contributed by atoms with Crippen molar-refractivity contribution in [1.29, 1.82) is 0 Å². The molecule has 11 heavy (non-hydrogen) atoms. The normalized spacial score (nSPS) is 11.5. The molecule has 1 rings (SSSR count). The Bertz CT molecular complexity index is 223. The molecule has 0 aliphatic carbocycles. The third kappa shape index (κ3) is 1.78. The van der Waals surface area contributed by atoms with Crippen LogP contribution in [0.3, 0.4) is 0 Å². The van der Waals surface area contributed by atoms with Crippen molar-refractivity contribution in [3.8, 4) is 0 Å². The quantitative estimate of drug-likeness (QED) is 0.236. The summed E-state index contributed by atoms with van der Waals surface area (Å²) in [5.41, 5.74) is 0.197. The molecule has 0 amide bonds. The fraction of sp³-hybridized carbons (Fsp3) is 0. The van der Waals surface area contributed by atoms with Crippen LogP contribution in [0.25, 0.3) is 0 Å². The van der Waals surface area contributed by atoms with E-state index in [1.807, 2.05) is 0 Å². The van der Waals surface area contributed by atoms with Gasteiger partial charge in [-0.05, 0) is 0 Å². The van der Waals surface area contributed by atoms with Crippen LogP contribution in [0.5, 0.6) is 0 Å². The van der Waals surface area contributed by atoms with Crippen molar-refractivity contribution in [2.45, 2.75) is 0 Å². The van der Waals surface area contributed by atoms with E-state index >= 15 is 0 Å². The summed E-state index contributed by atoms with van der Waals surface area (Å²) in [5.74, 6) is 0. The minimum absolute atomic E-state index is 0.197. The first-order chi connectivity index (χ1) is 5.17. The predicted molar refractivity (Wildman–Crippen MR) is 41.0 cm³/mol. The van der Waals surface area contributed by atoms with Crippen molar-refractivity contribution in [2.75, 3.05) is 0 Å². The lowest BCUT2D eigenvalue weighted by Gasteiger charge is -2.21. The summed E-state index contributed by atoms with van der Waals surface area (Å²) in [6, 6.07) is 7.97. The molecule has 0 unspecified atom stereocenters. The van der Waals surface area contributed by atoms with Crippen LogP contribution in [0.2, 0.25) is 0 Å². The largest absolute Gasteiger partial charge is 0.552 e. The summed E-state index contributed by atoms with van der Waals surface area (Å²) < 4.78 is 0. The Hall–Kier alpha value is -0.875. The van der Waals surface area contributed by atoms with Crippen LogP contribution in [0.1, 0.15) is 0 Å². The molecule has 0 aliphatic heterocycles. The fourth-order valence-electron chi connectivity index (χ4n) is 0.772. The van der Waals surface area contributed by atoms with Crippen LogP contribution in [-0.4, -0.2) is 22.1 Å². The summed E-state index contributed by atoms with van der Waals surface area (Å²) in [5, 5.41) is 24.4. The molecule has 0 fully saturated rings. The topological polar surface area (TPSA) is 72.6 Å². The van der Waals surface area contributed by atoms with Gasteiger partial charge in [0, 0.05) is 0 Å². The summed E-state index contributed by atoms with van der Waals surface area (Å²) in [7, 11) is 0. The highest BCUT2D eigenvalue weighted by Crippen LogP contribution is 1.94. The van der Waals surface area contributed by atoms with Crippen LogP contribution < -0.4 is 5.46 Å². The van der Waals surface area contributed by atoms with Gasteiger partial charge in [0.25, 0.3) is 0 Å².